The molecule has 1 heterocycles. The van der Waals surface area contributed by atoms with Gasteiger partial charge in [-0.2, -0.15) is 0 Å². The van der Waals surface area contributed by atoms with Crippen LogP contribution in [0.4, 0.5) is 21.5 Å². The highest BCUT2D eigenvalue weighted by molar-refractivity contribution is 6.01. The molecule has 0 N–H and O–H groups in total. The first-order valence-electron chi connectivity index (χ1n) is 4.72. The third-order valence-corrected chi connectivity index (χ3v) is 2.25. The molecule has 0 saturated heterocycles. The molecule has 0 spiro atoms. The maximum absolute atomic E-state index is 13.3. The smallest absolute Gasteiger partial charge is 0.295 e. The van der Waals surface area contributed by atoms with Crippen molar-refractivity contribution in [3.63, 3.8) is 0 Å². The van der Waals surface area contributed by atoms with E-state index in [1.54, 1.807) is 18.4 Å². The van der Waals surface area contributed by atoms with Crippen molar-refractivity contribution in [3.8, 4) is 0 Å². The molecule has 0 amide bonds. The molecule has 4 nitrogen and oxygen atoms in total. The van der Waals surface area contributed by atoms with E-state index < -0.39 is 10.7 Å². The zero-order valence-corrected chi connectivity index (χ0v) is 8.55. The minimum Gasteiger partial charge on any atom is -0.305 e. The van der Waals surface area contributed by atoms with E-state index in [-0.39, 0.29) is 11.4 Å². The second kappa shape index (κ2) is 3.77. The van der Waals surface area contributed by atoms with Gasteiger partial charge in [-0.15, -0.1) is 0 Å². The van der Waals surface area contributed by atoms with E-state index >= 15 is 0 Å². The van der Waals surface area contributed by atoms with E-state index in [1.807, 2.05) is 13.0 Å². The van der Waals surface area contributed by atoms with Crippen molar-refractivity contribution >= 4 is 17.1 Å². The summed E-state index contributed by atoms with van der Waals surface area (Å²) in [6.45, 7) is 1.85. The Bertz CT molecular complexity index is 509. The van der Waals surface area contributed by atoms with Gasteiger partial charge in [0.05, 0.1) is 4.92 Å². The summed E-state index contributed by atoms with van der Waals surface area (Å²) in [7, 11) is 0. The molecule has 0 unspecified atom stereocenters. The van der Waals surface area contributed by atoms with Crippen LogP contribution in [0.2, 0.25) is 0 Å². The number of nitro benzene ring substituents is 1. The minimum absolute atomic E-state index is 0.0680. The quantitative estimate of drug-likeness (QED) is 0.340. The summed E-state index contributed by atoms with van der Waals surface area (Å²) in [6.07, 6.45) is 6.88. The number of halogens is 1. The summed E-state index contributed by atoms with van der Waals surface area (Å²) < 4.78 is 13.3. The van der Waals surface area contributed by atoms with E-state index in [9.17, 15) is 14.5 Å². The van der Waals surface area contributed by atoms with Gasteiger partial charge in [-0.1, -0.05) is 12.2 Å². The van der Waals surface area contributed by atoms with E-state index in [0.29, 0.717) is 5.69 Å². The highest BCUT2D eigenvalue weighted by Crippen LogP contribution is 2.55. The minimum atomic E-state index is -0.512. The zero-order chi connectivity index (χ0) is 11.7. The van der Waals surface area contributed by atoms with Crippen LogP contribution in [0, 0.1) is 15.9 Å². The molecule has 1 aromatic rings. The van der Waals surface area contributed by atoms with Crippen LogP contribution >= 0.6 is 0 Å². The van der Waals surface area contributed by atoms with Gasteiger partial charge in [0.2, 0.25) is 0 Å². The molecule has 2 rings (SSSR count). The fraction of sp³-hybridized carbons (Fsp3) is 0.0909. The van der Waals surface area contributed by atoms with Gasteiger partial charge in [0, 0.05) is 12.3 Å². The fourth-order valence-corrected chi connectivity index (χ4v) is 1.50. The predicted octanol–water partition coefficient (Wildman–Crippen LogP) is 3.28. The second-order valence-electron chi connectivity index (χ2n) is 3.26. The molecular weight excluding hydrogens is 211 g/mol. The van der Waals surface area contributed by atoms with Gasteiger partial charge < -0.3 is 4.90 Å². The molecule has 0 radical (unpaired) electrons. The third kappa shape index (κ3) is 1.56. The van der Waals surface area contributed by atoms with Crippen molar-refractivity contribution in [2.45, 2.75) is 6.92 Å². The topological polar surface area (TPSA) is 46.1 Å². The summed E-state index contributed by atoms with van der Waals surface area (Å²) in [5, 5.41) is 10.7. The lowest BCUT2D eigenvalue weighted by atomic mass is 10.3. The van der Waals surface area contributed by atoms with Gasteiger partial charge in [0.25, 0.3) is 5.69 Å². The van der Waals surface area contributed by atoms with Crippen molar-refractivity contribution in [2.24, 2.45) is 0 Å². The fourth-order valence-electron chi connectivity index (χ4n) is 1.50. The first-order chi connectivity index (χ1) is 7.66. The van der Waals surface area contributed by atoms with Crippen LogP contribution in [0.3, 0.4) is 0 Å². The Morgan fingerprint density at radius 1 is 1.38 bits per heavy atom. The molecule has 1 aliphatic rings. The first kappa shape index (κ1) is 10.4. The summed E-state index contributed by atoms with van der Waals surface area (Å²) in [5.41, 5.74) is 0.558. The lowest BCUT2D eigenvalue weighted by Crippen LogP contribution is -1.88. The van der Waals surface area contributed by atoms with Crippen molar-refractivity contribution in [3.05, 3.63) is 52.5 Å². The highest BCUT2D eigenvalue weighted by Gasteiger charge is 2.39. The third-order valence-electron chi connectivity index (χ3n) is 2.25. The van der Waals surface area contributed by atoms with E-state index in [2.05, 4.69) is 0 Å². The Hall–Kier alpha value is -2.17. The van der Waals surface area contributed by atoms with E-state index in [4.69, 9.17) is 0 Å². The molecule has 1 aromatic carbocycles. The van der Waals surface area contributed by atoms with Crippen LogP contribution in [0.15, 0.2) is 36.6 Å². The molecule has 0 bridgehead atoms. The summed E-state index contributed by atoms with van der Waals surface area (Å²) >= 11 is 0. The normalized spacial score (nSPS) is 13.5. The largest absolute Gasteiger partial charge is 0.305 e. The van der Waals surface area contributed by atoms with Gasteiger partial charge in [-0.25, -0.2) is 4.39 Å². The van der Waals surface area contributed by atoms with Crippen LogP contribution in [0.1, 0.15) is 6.92 Å². The van der Waals surface area contributed by atoms with Gasteiger partial charge >= 0.3 is 0 Å². The lowest BCUT2D eigenvalue weighted by molar-refractivity contribution is -0.383. The number of hydrogen-bond acceptors (Lipinski definition) is 3. The number of anilines is 2. The average Bonchev–Trinajstić information content (AvgIpc) is 2.94. The molecule has 0 saturated carbocycles. The molecule has 16 heavy (non-hydrogen) atoms. The van der Waals surface area contributed by atoms with Crippen LogP contribution in [0.25, 0.3) is 0 Å². The monoisotopic (exact) mass is 220 g/mol. The van der Waals surface area contributed by atoms with Gasteiger partial charge in [-0.05, 0) is 19.1 Å². The van der Waals surface area contributed by atoms with Crippen molar-refractivity contribution in [1.82, 2.24) is 0 Å². The maximum atomic E-state index is 13.3. The van der Waals surface area contributed by atoms with Crippen LogP contribution in [-0.2, 0) is 0 Å². The second-order valence-corrected chi connectivity index (χ2v) is 3.26. The van der Waals surface area contributed by atoms with E-state index in [1.165, 1.54) is 11.0 Å². The van der Waals surface area contributed by atoms with E-state index in [0.717, 1.165) is 6.07 Å². The van der Waals surface area contributed by atoms with Gasteiger partial charge in [0.1, 0.15) is 11.5 Å². The number of allylic oxidation sites excluding steroid dienone is 3. The van der Waals surface area contributed by atoms with Crippen LogP contribution < -0.4 is 4.90 Å². The Kier molecular flexibility index (Phi) is 2.44. The Morgan fingerprint density at radius 3 is 2.75 bits per heavy atom. The number of benzene rings is 1. The molecule has 0 aromatic heterocycles. The summed E-state index contributed by atoms with van der Waals surface area (Å²) in [6, 6.07) is 2.29. The first-order valence-corrected chi connectivity index (χ1v) is 4.72. The number of rotatable bonds is 3. The molecule has 0 fully saturated rings. The summed E-state index contributed by atoms with van der Waals surface area (Å²) in [4.78, 5) is 11.6. The van der Waals surface area contributed by atoms with Crippen LogP contribution in [-0.4, -0.2) is 4.92 Å². The molecule has 0 atom stereocenters. The SMILES string of the molecule is C/C=C\C=C/N1c2c(F)ccc([N+](=O)[O-])c21. The Labute approximate surface area is 91.4 Å². The molecule has 1 aliphatic heterocycles. The van der Waals surface area contributed by atoms with Crippen molar-refractivity contribution in [1.29, 1.82) is 0 Å². The summed E-state index contributed by atoms with van der Waals surface area (Å²) in [5.74, 6) is -0.439. The molecule has 82 valence electrons. The predicted molar refractivity (Wildman–Crippen MR) is 59.1 cm³/mol. The van der Waals surface area contributed by atoms with Crippen LogP contribution in [0.5, 0.6) is 0 Å². The van der Waals surface area contributed by atoms with Gasteiger partial charge in [0.15, 0.2) is 5.69 Å². The molecular formula is C11H9FN2O2. The van der Waals surface area contributed by atoms with Gasteiger partial charge in [-0.3, -0.25) is 10.1 Å². The number of nitrogens with zero attached hydrogens (tertiary/aromatic N) is 2. The average molecular weight is 220 g/mol. The Balaban J connectivity index is 2.33. The number of nitro groups is 1. The maximum Gasteiger partial charge on any atom is 0.295 e. The number of fused-ring (bicyclic) bond motifs is 1. The molecule has 0 aliphatic carbocycles. The number of hydrogen-bond donors (Lipinski definition) is 0. The van der Waals surface area contributed by atoms with Crippen molar-refractivity contribution in [2.75, 3.05) is 4.90 Å². The lowest BCUT2D eigenvalue weighted by Gasteiger charge is -1.89. The zero-order valence-electron chi connectivity index (χ0n) is 8.55. The standard InChI is InChI=1S/C11H9FN2O2/c1-2-3-4-7-13-10-8(12)5-6-9(11(10)13)14(15)16/h2-7H,1H3/b3-2-,7-4-. The molecule has 5 heteroatoms. The Morgan fingerprint density at radius 2 is 2.12 bits per heavy atom. The van der Waals surface area contributed by atoms with Crippen molar-refractivity contribution < 1.29 is 9.31 Å². The highest BCUT2D eigenvalue weighted by atomic mass is 19.1.